The molecule has 6 nitrogen and oxygen atoms in total. The first kappa shape index (κ1) is 17.9. The molecule has 6 heteroatoms. The Morgan fingerprint density at radius 2 is 1.91 bits per heavy atom. The van der Waals surface area contributed by atoms with E-state index in [9.17, 15) is 19.8 Å². The lowest BCUT2D eigenvalue weighted by Gasteiger charge is -2.27. The van der Waals surface area contributed by atoms with Crippen LogP contribution in [0.2, 0.25) is 0 Å². The van der Waals surface area contributed by atoms with E-state index in [1.165, 1.54) is 0 Å². The van der Waals surface area contributed by atoms with Crippen LogP contribution in [0.25, 0.3) is 5.57 Å². The molecule has 22 heavy (non-hydrogen) atoms. The van der Waals surface area contributed by atoms with Crippen molar-refractivity contribution in [3.05, 3.63) is 41.5 Å². The zero-order valence-corrected chi connectivity index (χ0v) is 12.6. The Morgan fingerprint density at radius 1 is 1.32 bits per heavy atom. The number of aryl methyl sites for hydroxylation is 1. The lowest BCUT2D eigenvalue weighted by Crippen LogP contribution is -2.46. The van der Waals surface area contributed by atoms with Crippen molar-refractivity contribution in [2.24, 2.45) is 5.73 Å². The summed E-state index contributed by atoms with van der Waals surface area (Å²) in [5, 5.41) is 28.5. The van der Waals surface area contributed by atoms with E-state index >= 15 is 0 Å². The topological polar surface area (TPSA) is 121 Å². The summed E-state index contributed by atoms with van der Waals surface area (Å²) in [5.74, 6) is -2.84. The highest BCUT2D eigenvalue weighted by Crippen LogP contribution is 2.30. The summed E-state index contributed by atoms with van der Waals surface area (Å²) in [6, 6.07) is 5.92. The fourth-order valence-corrected chi connectivity index (χ4v) is 2.29. The number of aliphatic hydroxyl groups is 1. The predicted molar refractivity (Wildman–Crippen MR) is 82.3 cm³/mol. The quantitative estimate of drug-likeness (QED) is 0.604. The van der Waals surface area contributed by atoms with Crippen LogP contribution in [-0.2, 0) is 9.59 Å². The van der Waals surface area contributed by atoms with Gasteiger partial charge in [0.25, 0.3) is 0 Å². The maximum atomic E-state index is 11.4. The number of hydrogen-bond donors (Lipinski definition) is 4. The van der Waals surface area contributed by atoms with Crippen LogP contribution < -0.4 is 5.73 Å². The minimum atomic E-state index is -2.23. The number of aliphatic carboxylic acids is 2. The van der Waals surface area contributed by atoms with Gasteiger partial charge in [-0.2, -0.15) is 0 Å². The minimum absolute atomic E-state index is 0.218. The van der Waals surface area contributed by atoms with Crippen molar-refractivity contribution in [2.45, 2.75) is 38.3 Å². The van der Waals surface area contributed by atoms with E-state index < -0.39 is 30.0 Å². The second-order valence-electron chi connectivity index (χ2n) is 5.29. The molecule has 0 saturated carbocycles. The van der Waals surface area contributed by atoms with E-state index in [2.05, 4.69) is 0 Å². The second-order valence-corrected chi connectivity index (χ2v) is 5.29. The number of hydrogen-bond acceptors (Lipinski definition) is 4. The van der Waals surface area contributed by atoms with E-state index in [0.29, 0.717) is 5.57 Å². The molecular formula is C16H21NO5. The summed E-state index contributed by atoms with van der Waals surface area (Å²) in [4.78, 5) is 22.3. The van der Waals surface area contributed by atoms with Crippen molar-refractivity contribution in [3.63, 3.8) is 0 Å². The molecule has 0 aliphatic carbocycles. The zero-order chi connectivity index (χ0) is 16.9. The van der Waals surface area contributed by atoms with Crippen molar-refractivity contribution in [3.8, 4) is 0 Å². The normalized spacial score (nSPS) is 15.9. The largest absolute Gasteiger partial charge is 0.480 e. The third kappa shape index (κ3) is 4.16. The van der Waals surface area contributed by atoms with Crippen LogP contribution in [0, 0.1) is 6.92 Å². The molecule has 1 aromatic carbocycles. The Labute approximate surface area is 128 Å². The monoisotopic (exact) mass is 307 g/mol. The number of carboxylic acids is 2. The van der Waals surface area contributed by atoms with Gasteiger partial charge in [-0.15, -0.1) is 0 Å². The van der Waals surface area contributed by atoms with Gasteiger partial charge in [0.15, 0.2) is 5.60 Å². The molecule has 0 unspecified atom stereocenters. The van der Waals surface area contributed by atoms with Crippen LogP contribution in [0.5, 0.6) is 0 Å². The number of nitrogens with two attached hydrogens (primary N) is 1. The average Bonchev–Trinajstić information content (AvgIpc) is 2.45. The van der Waals surface area contributed by atoms with Gasteiger partial charge >= 0.3 is 11.9 Å². The standard InChI is InChI=1S/C16H21NO5/c1-3-11(12-7-5-4-6-10(12)2)8-16(22,15(20)21)9-13(17)14(18)19/h3-7,13,22H,8-9,17H2,1-2H3,(H,18,19)(H,20,21)/b11-3-/t13-,16-/m1/s1. The molecule has 0 aliphatic rings. The van der Waals surface area contributed by atoms with Crippen LogP contribution >= 0.6 is 0 Å². The Kier molecular flexibility index (Phi) is 5.84. The summed E-state index contributed by atoms with van der Waals surface area (Å²) in [7, 11) is 0. The molecule has 0 aliphatic heterocycles. The minimum Gasteiger partial charge on any atom is -0.480 e. The molecule has 2 atom stereocenters. The molecule has 120 valence electrons. The Balaban J connectivity index is 3.11. The maximum Gasteiger partial charge on any atom is 0.336 e. The number of allylic oxidation sites excluding steroid dienone is 1. The number of rotatable bonds is 7. The summed E-state index contributed by atoms with van der Waals surface area (Å²) in [6.45, 7) is 3.61. The molecular weight excluding hydrogens is 286 g/mol. The van der Waals surface area contributed by atoms with E-state index in [1.54, 1.807) is 13.0 Å². The zero-order valence-electron chi connectivity index (χ0n) is 12.6. The number of carbonyl (C=O) groups is 2. The van der Waals surface area contributed by atoms with Crippen molar-refractivity contribution < 1.29 is 24.9 Å². The SMILES string of the molecule is C/C=C(/C[C@@](O)(C[C@@H](N)C(=O)O)C(=O)O)c1ccccc1C. The van der Waals surface area contributed by atoms with Crippen LogP contribution in [0.4, 0.5) is 0 Å². The average molecular weight is 307 g/mol. The fourth-order valence-electron chi connectivity index (χ4n) is 2.29. The van der Waals surface area contributed by atoms with Crippen LogP contribution in [0.1, 0.15) is 30.9 Å². The lowest BCUT2D eigenvalue weighted by atomic mass is 9.84. The number of carboxylic acid groups (broad SMARTS) is 2. The summed E-state index contributed by atoms with van der Waals surface area (Å²) < 4.78 is 0. The van der Waals surface area contributed by atoms with Crippen molar-refractivity contribution in [1.29, 1.82) is 0 Å². The summed E-state index contributed by atoms with van der Waals surface area (Å²) >= 11 is 0. The van der Waals surface area contributed by atoms with Crippen LogP contribution in [0.3, 0.4) is 0 Å². The molecule has 0 heterocycles. The van der Waals surface area contributed by atoms with E-state index in [-0.39, 0.29) is 6.42 Å². The molecule has 1 aromatic rings. The van der Waals surface area contributed by atoms with Gasteiger partial charge in [0.05, 0.1) is 0 Å². The Hall–Kier alpha value is -2.18. The Bertz CT molecular complexity index is 596. The molecule has 1 rings (SSSR count). The molecule has 0 spiro atoms. The third-order valence-corrected chi connectivity index (χ3v) is 3.60. The van der Waals surface area contributed by atoms with Gasteiger partial charge in [0.1, 0.15) is 6.04 Å². The first-order valence-electron chi connectivity index (χ1n) is 6.86. The second kappa shape index (κ2) is 7.20. The molecule has 5 N–H and O–H groups in total. The first-order valence-corrected chi connectivity index (χ1v) is 6.86. The highest BCUT2D eigenvalue weighted by molar-refractivity contribution is 5.83. The van der Waals surface area contributed by atoms with Crippen molar-refractivity contribution in [2.75, 3.05) is 0 Å². The third-order valence-electron chi connectivity index (χ3n) is 3.60. The fraction of sp³-hybridized carbons (Fsp3) is 0.375. The smallest absolute Gasteiger partial charge is 0.336 e. The summed E-state index contributed by atoms with van der Waals surface area (Å²) in [6.07, 6.45) is 0.925. The van der Waals surface area contributed by atoms with E-state index in [0.717, 1.165) is 11.1 Å². The van der Waals surface area contributed by atoms with Crippen LogP contribution in [-0.4, -0.2) is 38.9 Å². The molecule has 0 amide bonds. The molecule has 0 saturated heterocycles. The van der Waals surface area contributed by atoms with Crippen LogP contribution in [0.15, 0.2) is 30.3 Å². The summed E-state index contributed by atoms with van der Waals surface area (Å²) in [5.41, 5.74) is 5.52. The molecule has 0 radical (unpaired) electrons. The van der Waals surface area contributed by atoms with E-state index in [1.807, 2.05) is 31.2 Å². The molecule has 0 fully saturated rings. The number of benzene rings is 1. The lowest BCUT2D eigenvalue weighted by molar-refractivity contribution is -0.160. The van der Waals surface area contributed by atoms with Gasteiger partial charge in [-0.25, -0.2) is 4.79 Å². The van der Waals surface area contributed by atoms with Gasteiger partial charge < -0.3 is 21.1 Å². The predicted octanol–water partition coefficient (Wildman–Crippen LogP) is 1.41. The first-order chi connectivity index (χ1) is 10.2. The maximum absolute atomic E-state index is 11.4. The molecule has 0 aromatic heterocycles. The van der Waals surface area contributed by atoms with Gasteiger partial charge in [0, 0.05) is 12.8 Å². The molecule has 0 bridgehead atoms. The van der Waals surface area contributed by atoms with Gasteiger partial charge in [-0.05, 0) is 30.5 Å². The van der Waals surface area contributed by atoms with Crippen molar-refractivity contribution >= 4 is 17.5 Å². The van der Waals surface area contributed by atoms with Gasteiger partial charge in [0.2, 0.25) is 0 Å². The van der Waals surface area contributed by atoms with Gasteiger partial charge in [-0.1, -0.05) is 30.3 Å². The van der Waals surface area contributed by atoms with Crippen molar-refractivity contribution in [1.82, 2.24) is 0 Å². The van der Waals surface area contributed by atoms with E-state index in [4.69, 9.17) is 10.8 Å². The highest BCUT2D eigenvalue weighted by atomic mass is 16.4. The van der Waals surface area contributed by atoms with Gasteiger partial charge in [-0.3, -0.25) is 4.79 Å². The highest BCUT2D eigenvalue weighted by Gasteiger charge is 2.40. The Morgan fingerprint density at radius 3 is 2.36 bits per heavy atom.